The Morgan fingerprint density at radius 3 is 2.27 bits per heavy atom. The van der Waals surface area contributed by atoms with Gasteiger partial charge in [-0.2, -0.15) is 0 Å². The number of likely N-dealkylation sites (N-methyl/N-ethyl adjacent to an activating group) is 2. The number of hydrogen-bond donors (Lipinski definition) is 4. The van der Waals surface area contributed by atoms with Crippen LogP contribution in [0.15, 0.2) is 64.0 Å². The molecule has 1 heterocycles. The average molecular weight is 726 g/mol. The predicted molar refractivity (Wildman–Crippen MR) is 190 cm³/mol. The van der Waals surface area contributed by atoms with Gasteiger partial charge in [0.2, 0.25) is 23.5 Å². The quantitative estimate of drug-likeness (QED) is 0.0910. The number of phenolic OH excluding ortho intramolecular Hbond substituents is 1. The Bertz CT molecular complexity index is 1690. The molecule has 1 aliphatic heterocycles. The number of rotatable bonds is 15. The first-order chi connectivity index (χ1) is 24.1. The average Bonchev–Trinajstić information content (AvgIpc) is 3.35. The SMILES string of the molecule is CCOC(=O)C1=C(Nc2ccccc2)S/C(=C\c2ccc(OCCNC(=O)CN(C)C(=O)CN(C)C(=O)CNC(=O)OC(C)(C)C)c(O)c2)C1=O. The summed E-state index contributed by atoms with van der Waals surface area (Å²) in [5.41, 5.74) is 0.341. The zero-order valence-corrected chi connectivity index (χ0v) is 30.2. The third-order valence-corrected chi connectivity index (χ3v) is 7.78. The summed E-state index contributed by atoms with van der Waals surface area (Å²) in [6.07, 6.45) is 0.785. The largest absolute Gasteiger partial charge is 0.504 e. The van der Waals surface area contributed by atoms with Crippen LogP contribution < -0.4 is 20.7 Å². The van der Waals surface area contributed by atoms with Crippen LogP contribution in [0.25, 0.3) is 6.08 Å². The van der Waals surface area contributed by atoms with Crippen molar-refractivity contribution in [1.82, 2.24) is 20.4 Å². The number of thioether (sulfide) groups is 1. The van der Waals surface area contributed by atoms with Gasteiger partial charge in [0.05, 0.1) is 36.2 Å². The van der Waals surface area contributed by atoms with Crippen molar-refractivity contribution in [3.05, 3.63) is 69.6 Å². The van der Waals surface area contributed by atoms with Gasteiger partial charge in [-0.25, -0.2) is 9.59 Å². The van der Waals surface area contributed by atoms with Gasteiger partial charge in [-0.3, -0.25) is 19.2 Å². The van der Waals surface area contributed by atoms with Crippen molar-refractivity contribution < 1.29 is 48.1 Å². The second-order valence-corrected chi connectivity index (χ2v) is 13.2. The summed E-state index contributed by atoms with van der Waals surface area (Å²) in [5, 5.41) is 19.0. The molecule has 0 atom stereocenters. The van der Waals surface area contributed by atoms with Crippen molar-refractivity contribution in [1.29, 1.82) is 0 Å². The number of anilines is 1. The minimum atomic E-state index is -0.759. The maximum Gasteiger partial charge on any atom is 0.408 e. The van der Waals surface area contributed by atoms with Crippen LogP contribution >= 0.6 is 11.8 Å². The van der Waals surface area contributed by atoms with E-state index in [1.807, 2.05) is 18.2 Å². The number of ether oxygens (including phenoxy) is 3. The number of carbonyl (C=O) groups excluding carboxylic acids is 6. The van der Waals surface area contributed by atoms with Crippen LogP contribution in [0, 0.1) is 0 Å². The highest BCUT2D eigenvalue weighted by Gasteiger charge is 2.35. The van der Waals surface area contributed by atoms with E-state index in [1.54, 1.807) is 52.0 Å². The molecule has 4 N–H and O–H groups in total. The number of phenols is 1. The van der Waals surface area contributed by atoms with Gasteiger partial charge in [-0.05, 0) is 63.6 Å². The minimum absolute atomic E-state index is 0.00500. The molecule has 0 spiro atoms. The molecular formula is C35H43N5O10S. The second kappa shape index (κ2) is 18.5. The Hall–Kier alpha value is -5.51. The Balaban J connectivity index is 1.46. The number of Topliss-reactive ketones (excluding diaryl/α,β-unsaturated/α-hetero) is 1. The summed E-state index contributed by atoms with van der Waals surface area (Å²) >= 11 is 1.08. The maximum atomic E-state index is 13.2. The summed E-state index contributed by atoms with van der Waals surface area (Å²) in [7, 11) is 2.81. The number of hydrogen-bond acceptors (Lipinski definition) is 12. The van der Waals surface area contributed by atoms with Gasteiger partial charge in [0.15, 0.2) is 11.5 Å². The molecule has 0 saturated heterocycles. The van der Waals surface area contributed by atoms with E-state index in [9.17, 15) is 33.9 Å². The van der Waals surface area contributed by atoms with E-state index in [4.69, 9.17) is 14.2 Å². The Kier molecular flexibility index (Phi) is 14.5. The Morgan fingerprint density at radius 1 is 0.941 bits per heavy atom. The summed E-state index contributed by atoms with van der Waals surface area (Å²) in [6, 6.07) is 13.6. The van der Waals surface area contributed by atoms with E-state index in [2.05, 4.69) is 16.0 Å². The molecule has 0 aromatic heterocycles. The van der Waals surface area contributed by atoms with Gasteiger partial charge in [-0.15, -0.1) is 0 Å². The Labute approximate surface area is 300 Å². The fourth-order valence-electron chi connectivity index (χ4n) is 4.28. The van der Waals surface area contributed by atoms with Crippen LogP contribution in [0.3, 0.4) is 0 Å². The van der Waals surface area contributed by atoms with Crippen molar-refractivity contribution >= 4 is 59.1 Å². The van der Waals surface area contributed by atoms with E-state index in [-0.39, 0.29) is 61.4 Å². The van der Waals surface area contributed by atoms with Crippen LogP contribution in [0.2, 0.25) is 0 Å². The molecule has 0 aliphatic carbocycles. The molecule has 51 heavy (non-hydrogen) atoms. The number of carbonyl (C=O) groups is 6. The highest BCUT2D eigenvalue weighted by molar-refractivity contribution is 8.08. The summed E-state index contributed by atoms with van der Waals surface area (Å²) < 4.78 is 15.8. The van der Waals surface area contributed by atoms with Crippen LogP contribution in [0.4, 0.5) is 10.5 Å². The number of para-hydroxylation sites is 1. The van der Waals surface area contributed by atoms with Crippen LogP contribution in [0.1, 0.15) is 33.3 Å². The van der Waals surface area contributed by atoms with E-state index in [0.29, 0.717) is 16.3 Å². The van der Waals surface area contributed by atoms with E-state index in [1.165, 1.54) is 26.2 Å². The lowest BCUT2D eigenvalue weighted by Gasteiger charge is -2.23. The molecule has 274 valence electrons. The topological polar surface area (TPSA) is 193 Å². The fraction of sp³-hybridized carbons (Fsp3) is 0.371. The van der Waals surface area contributed by atoms with Gasteiger partial charge >= 0.3 is 12.1 Å². The summed E-state index contributed by atoms with van der Waals surface area (Å²) in [6.45, 7) is 5.93. The number of alkyl carbamates (subject to hydrolysis) is 1. The lowest BCUT2D eigenvalue weighted by atomic mass is 10.1. The van der Waals surface area contributed by atoms with Crippen molar-refractivity contribution in [2.24, 2.45) is 0 Å². The first-order valence-electron chi connectivity index (χ1n) is 15.9. The molecule has 0 fully saturated rings. The van der Waals surface area contributed by atoms with Gasteiger partial charge in [-0.1, -0.05) is 36.0 Å². The van der Waals surface area contributed by atoms with Crippen molar-refractivity contribution in [2.75, 3.05) is 58.8 Å². The molecule has 0 saturated carbocycles. The number of nitrogens with one attached hydrogen (secondary N) is 3. The molecule has 16 heteroatoms. The van der Waals surface area contributed by atoms with E-state index in [0.717, 1.165) is 21.6 Å². The predicted octanol–water partition coefficient (Wildman–Crippen LogP) is 2.87. The third-order valence-electron chi connectivity index (χ3n) is 6.75. The first kappa shape index (κ1) is 39.9. The van der Waals surface area contributed by atoms with E-state index < -0.39 is 41.2 Å². The van der Waals surface area contributed by atoms with Crippen molar-refractivity contribution in [3.63, 3.8) is 0 Å². The smallest absolute Gasteiger partial charge is 0.408 e. The van der Waals surface area contributed by atoms with Crippen LogP contribution in [-0.4, -0.2) is 110 Å². The number of esters is 1. The molecule has 0 unspecified atom stereocenters. The summed E-state index contributed by atoms with van der Waals surface area (Å²) in [5.74, 6) is -2.81. The molecule has 4 amide bonds. The number of aromatic hydroxyl groups is 1. The molecule has 2 aromatic carbocycles. The molecule has 1 aliphatic rings. The highest BCUT2D eigenvalue weighted by Crippen LogP contribution is 2.41. The lowest BCUT2D eigenvalue weighted by molar-refractivity contribution is -0.139. The zero-order chi connectivity index (χ0) is 37.7. The summed E-state index contributed by atoms with van der Waals surface area (Å²) in [4.78, 5) is 77.3. The number of allylic oxidation sites excluding steroid dienone is 1. The zero-order valence-electron chi connectivity index (χ0n) is 29.4. The molecule has 15 nitrogen and oxygen atoms in total. The minimum Gasteiger partial charge on any atom is -0.504 e. The maximum absolute atomic E-state index is 13.2. The van der Waals surface area contributed by atoms with Gasteiger partial charge in [0.1, 0.15) is 24.3 Å². The first-order valence-corrected chi connectivity index (χ1v) is 16.7. The van der Waals surface area contributed by atoms with Crippen molar-refractivity contribution in [3.8, 4) is 11.5 Å². The molecule has 0 bridgehead atoms. The van der Waals surface area contributed by atoms with Crippen molar-refractivity contribution in [2.45, 2.75) is 33.3 Å². The molecular weight excluding hydrogens is 682 g/mol. The molecule has 2 aromatic rings. The van der Waals surface area contributed by atoms with Crippen LogP contribution in [0.5, 0.6) is 11.5 Å². The normalized spacial score (nSPS) is 13.4. The van der Waals surface area contributed by atoms with Gasteiger partial charge in [0, 0.05) is 19.8 Å². The number of ketones is 1. The number of nitrogens with zero attached hydrogens (tertiary/aromatic N) is 2. The molecule has 0 radical (unpaired) electrons. The van der Waals surface area contributed by atoms with Gasteiger partial charge < -0.3 is 45.1 Å². The highest BCUT2D eigenvalue weighted by atomic mass is 32.2. The number of benzene rings is 2. The fourth-order valence-corrected chi connectivity index (χ4v) is 5.33. The molecule has 3 rings (SSSR count). The monoisotopic (exact) mass is 725 g/mol. The van der Waals surface area contributed by atoms with Gasteiger partial charge in [0.25, 0.3) is 0 Å². The number of amides is 4. The second-order valence-electron chi connectivity index (χ2n) is 12.1. The van der Waals surface area contributed by atoms with Crippen LogP contribution in [-0.2, 0) is 33.4 Å². The Morgan fingerprint density at radius 2 is 1.63 bits per heavy atom. The lowest BCUT2D eigenvalue weighted by Crippen LogP contribution is -2.46. The standard InChI is InChI=1S/C35H43N5O10S/c1-7-48-33(46)30-31(45)26(51-32(30)38-23-11-9-8-10-12-23)18-22-13-14-25(24(41)17-22)49-16-15-36-27(42)20-39(5)29(44)21-40(6)28(43)19-37-34(47)50-35(2,3)4/h8-14,17-18,38,41H,7,15-16,19-21H2,1-6H3,(H,36,42)(H,37,47)/b26-18-. The van der Waals surface area contributed by atoms with E-state index >= 15 is 0 Å². The third kappa shape index (κ3) is 12.7.